The first-order valence-electron chi connectivity index (χ1n) is 4.09. The average molecular weight is 208 g/mol. The minimum Gasteiger partial charge on any atom is -0.444 e. The molecule has 0 spiro atoms. The zero-order chi connectivity index (χ0) is 10.8. The van der Waals surface area contributed by atoms with E-state index in [4.69, 9.17) is 4.42 Å². The summed E-state index contributed by atoms with van der Waals surface area (Å²) >= 11 is 0. The molecule has 0 aliphatic carbocycles. The number of halogens is 3. The first-order valence-corrected chi connectivity index (χ1v) is 4.09. The van der Waals surface area contributed by atoms with Crippen LogP contribution in [-0.4, -0.2) is 17.7 Å². The van der Waals surface area contributed by atoms with Gasteiger partial charge in [-0.25, -0.2) is 4.98 Å². The van der Waals surface area contributed by atoms with Crippen LogP contribution < -0.4 is 5.32 Å². The highest BCUT2D eigenvalue weighted by molar-refractivity contribution is 5.05. The van der Waals surface area contributed by atoms with Gasteiger partial charge < -0.3 is 9.73 Å². The standard InChI is InChI=1S/C8H11F3N2O/c1-5-6(2)14-7(13-5)3-12-4-8(9,10)11/h12H,3-4H2,1-2H3. The summed E-state index contributed by atoms with van der Waals surface area (Å²) in [5, 5.41) is 2.20. The van der Waals surface area contributed by atoms with E-state index in [1.807, 2.05) is 0 Å². The predicted molar refractivity (Wildman–Crippen MR) is 43.7 cm³/mol. The van der Waals surface area contributed by atoms with Crippen LogP contribution in [-0.2, 0) is 6.54 Å². The fraction of sp³-hybridized carbons (Fsp3) is 0.625. The lowest BCUT2D eigenvalue weighted by atomic mass is 10.4. The number of hydrogen-bond donors (Lipinski definition) is 1. The van der Waals surface area contributed by atoms with Crippen molar-refractivity contribution in [3.8, 4) is 0 Å². The third kappa shape index (κ3) is 3.37. The van der Waals surface area contributed by atoms with Gasteiger partial charge in [0.2, 0.25) is 5.89 Å². The summed E-state index contributed by atoms with van der Waals surface area (Å²) in [5.74, 6) is 0.915. The van der Waals surface area contributed by atoms with Gasteiger partial charge in [0.15, 0.2) is 0 Å². The van der Waals surface area contributed by atoms with E-state index in [0.29, 0.717) is 11.5 Å². The second kappa shape index (κ2) is 4.00. The lowest BCUT2D eigenvalue weighted by Crippen LogP contribution is -2.28. The van der Waals surface area contributed by atoms with E-state index >= 15 is 0 Å². The molecule has 0 aromatic carbocycles. The van der Waals surface area contributed by atoms with Crippen molar-refractivity contribution in [2.24, 2.45) is 0 Å². The van der Waals surface area contributed by atoms with Crippen LogP contribution in [0.2, 0.25) is 0 Å². The summed E-state index contributed by atoms with van der Waals surface area (Å²) in [6, 6.07) is 0. The molecule has 1 aromatic rings. The van der Waals surface area contributed by atoms with E-state index in [2.05, 4.69) is 10.3 Å². The summed E-state index contributed by atoms with van der Waals surface area (Å²) in [6.07, 6.45) is -4.20. The molecule has 0 saturated carbocycles. The molecule has 0 atom stereocenters. The van der Waals surface area contributed by atoms with E-state index in [1.165, 1.54) is 0 Å². The normalized spacial score (nSPS) is 12.1. The molecule has 0 bridgehead atoms. The van der Waals surface area contributed by atoms with Crippen molar-refractivity contribution in [1.29, 1.82) is 0 Å². The van der Waals surface area contributed by atoms with Crippen LogP contribution in [0.3, 0.4) is 0 Å². The number of aryl methyl sites for hydroxylation is 2. The van der Waals surface area contributed by atoms with Gasteiger partial charge in [-0.1, -0.05) is 0 Å². The smallest absolute Gasteiger partial charge is 0.401 e. The second-order valence-electron chi connectivity index (χ2n) is 2.97. The molecular weight excluding hydrogens is 197 g/mol. The van der Waals surface area contributed by atoms with Crippen molar-refractivity contribution in [1.82, 2.24) is 10.3 Å². The Kier molecular flexibility index (Phi) is 3.15. The number of nitrogens with one attached hydrogen (secondary N) is 1. The van der Waals surface area contributed by atoms with Crippen LogP contribution in [0.25, 0.3) is 0 Å². The third-order valence-electron chi connectivity index (χ3n) is 1.67. The fourth-order valence-electron chi connectivity index (χ4n) is 0.926. The molecule has 80 valence electrons. The van der Waals surface area contributed by atoms with Gasteiger partial charge >= 0.3 is 6.18 Å². The van der Waals surface area contributed by atoms with E-state index in [0.717, 1.165) is 0 Å². The van der Waals surface area contributed by atoms with Crippen molar-refractivity contribution in [2.45, 2.75) is 26.6 Å². The molecule has 1 rings (SSSR count). The van der Waals surface area contributed by atoms with Gasteiger partial charge in [-0.15, -0.1) is 0 Å². The molecule has 0 unspecified atom stereocenters. The van der Waals surface area contributed by atoms with E-state index < -0.39 is 12.7 Å². The minimum atomic E-state index is -4.20. The molecule has 0 amide bonds. The first-order chi connectivity index (χ1) is 6.38. The van der Waals surface area contributed by atoms with E-state index in [1.54, 1.807) is 13.8 Å². The Morgan fingerprint density at radius 2 is 2.00 bits per heavy atom. The number of aromatic nitrogens is 1. The van der Waals surface area contributed by atoms with Gasteiger partial charge in [-0.2, -0.15) is 13.2 Å². The maximum atomic E-state index is 11.7. The van der Waals surface area contributed by atoms with Crippen molar-refractivity contribution in [3.05, 3.63) is 17.3 Å². The molecular formula is C8H11F3N2O. The van der Waals surface area contributed by atoms with Gasteiger partial charge in [-0.3, -0.25) is 0 Å². The zero-order valence-corrected chi connectivity index (χ0v) is 7.90. The Labute approximate surface area is 79.3 Å². The number of nitrogens with zero attached hydrogens (tertiary/aromatic N) is 1. The van der Waals surface area contributed by atoms with Gasteiger partial charge in [0, 0.05) is 0 Å². The van der Waals surface area contributed by atoms with E-state index in [-0.39, 0.29) is 12.4 Å². The van der Waals surface area contributed by atoms with Crippen molar-refractivity contribution < 1.29 is 17.6 Å². The Hall–Kier alpha value is -1.04. The maximum Gasteiger partial charge on any atom is 0.401 e. The molecule has 1 heterocycles. The van der Waals surface area contributed by atoms with Crippen LogP contribution >= 0.6 is 0 Å². The summed E-state index contributed by atoms with van der Waals surface area (Å²) in [7, 11) is 0. The van der Waals surface area contributed by atoms with Crippen molar-refractivity contribution in [3.63, 3.8) is 0 Å². The van der Waals surface area contributed by atoms with Gasteiger partial charge in [0.1, 0.15) is 5.76 Å². The molecule has 14 heavy (non-hydrogen) atoms. The summed E-state index contributed by atoms with van der Waals surface area (Å²) in [5.41, 5.74) is 0.703. The van der Waals surface area contributed by atoms with Crippen molar-refractivity contribution >= 4 is 0 Å². The van der Waals surface area contributed by atoms with Gasteiger partial charge in [-0.05, 0) is 13.8 Å². The molecule has 6 heteroatoms. The molecule has 3 nitrogen and oxygen atoms in total. The number of alkyl halides is 3. The Morgan fingerprint density at radius 1 is 1.36 bits per heavy atom. The van der Waals surface area contributed by atoms with Crippen LogP contribution in [0.4, 0.5) is 13.2 Å². The zero-order valence-electron chi connectivity index (χ0n) is 7.90. The lowest BCUT2D eigenvalue weighted by Gasteiger charge is -2.05. The lowest BCUT2D eigenvalue weighted by molar-refractivity contribution is -0.125. The van der Waals surface area contributed by atoms with Crippen LogP contribution in [0.5, 0.6) is 0 Å². The first kappa shape index (κ1) is 11.0. The molecule has 1 N–H and O–H groups in total. The molecule has 1 aromatic heterocycles. The van der Waals surface area contributed by atoms with Gasteiger partial charge in [0.05, 0.1) is 18.8 Å². The third-order valence-corrected chi connectivity index (χ3v) is 1.67. The van der Waals surface area contributed by atoms with Crippen LogP contribution in [0.1, 0.15) is 17.3 Å². The Bertz CT molecular complexity index is 287. The minimum absolute atomic E-state index is 0.00576. The molecule has 0 saturated heterocycles. The SMILES string of the molecule is Cc1nc(CNCC(F)(F)F)oc1C. The van der Waals surface area contributed by atoms with Crippen LogP contribution in [0, 0.1) is 13.8 Å². The monoisotopic (exact) mass is 208 g/mol. The topological polar surface area (TPSA) is 38.1 Å². The Balaban J connectivity index is 2.39. The van der Waals surface area contributed by atoms with Crippen LogP contribution in [0.15, 0.2) is 4.42 Å². The van der Waals surface area contributed by atoms with Gasteiger partial charge in [0.25, 0.3) is 0 Å². The number of rotatable bonds is 3. The number of hydrogen-bond acceptors (Lipinski definition) is 3. The second-order valence-corrected chi connectivity index (χ2v) is 2.97. The summed E-state index contributed by atoms with van der Waals surface area (Å²) < 4.78 is 40.3. The highest BCUT2D eigenvalue weighted by Crippen LogP contribution is 2.13. The molecule has 0 fully saturated rings. The number of oxazole rings is 1. The summed E-state index contributed by atoms with van der Waals surface area (Å²) in [4.78, 5) is 3.93. The van der Waals surface area contributed by atoms with Crippen molar-refractivity contribution in [2.75, 3.05) is 6.54 Å². The molecule has 0 aliphatic rings. The molecule has 0 radical (unpaired) electrons. The largest absolute Gasteiger partial charge is 0.444 e. The maximum absolute atomic E-state index is 11.7. The molecule has 0 aliphatic heterocycles. The predicted octanol–water partition coefficient (Wildman–Crippen LogP) is 1.94. The quantitative estimate of drug-likeness (QED) is 0.824. The summed E-state index contributed by atoms with van der Waals surface area (Å²) in [6.45, 7) is 2.42. The Morgan fingerprint density at radius 3 is 2.43 bits per heavy atom. The highest BCUT2D eigenvalue weighted by Gasteiger charge is 2.26. The average Bonchev–Trinajstić information content (AvgIpc) is 2.28. The van der Waals surface area contributed by atoms with E-state index in [9.17, 15) is 13.2 Å². The fourth-order valence-corrected chi connectivity index (χ4v) is 0.926. The highest BCUT2D eigenvalue weighted by atomic mass is 19.4.